The van der Waals surface area contributed by atoms with Gasteiger partial charge >= 0.3 is 0 Å². The smallest absolute Gasteiger partial charge is 0.255 e. The van der Waals surface area contributed by atoms with E-state index in [0.29, 0.717) is 17.9 Å². The number of amides is 1. The second-order valence-corrected chi connectivity index (χ2v) is 6.37. The number of nitrogens with zero attached hydrogens (tertiary/aromatic N) is 1. The fourth-order valence-electron chi connectivity index (χ4n) is 3.44. The molecule has 4 rings (SSSR count). The van der Waals surface area contributed by atoms with Crippen molar-refractivity contribution in [2.75, 3.05) is 25.7 Å². The highest BCUT2D eigenvalue weighted by Gasteiger charge is 2.28. The maximum atomic E-state index is 12.8. The summed E-state index contributed by atoms with van der Waals surface area (Å²) in [6.45, 7) is 0.565. The molecule has 2 heterocycles. The molecule has 27 heavy (non-hydrogen) atoms. The van der Waals surface area contributed by atoms with E-state index in [9.17, 15) is 9.90 Å². The first-order chi connectivity index (χ1) is 13.1. The van der Waals surface area contributed by atoms with E-state index in [1.165, 1.54) is 6.08 Å². The molecule has 0 saturated carbocycles. The van der Waals surface area contributed by atoms with Crippen LogP contribution in [0.15, 0.2) is 48.5 Å². The van der Waals surface area contributed by atoms with Gasteiger partial charge in [-0.05, 0) is 36.8 Å². The van der Waals surface area contributed by atoms with Gasteiger partial charge in [0.05, 0.1) is 14.2 Å². The number of benzene rings is 2. The highest BCUT2D eigenvalue weighted by Crippen LogP contribution is 2.36. The number of carbonyl (C=O) groups is 1. The Hall–Kier alpha value is -3.41. The molecule has 3 aromatic rings. The summed E-state index contributed by atoms with van der Waals surface area (Å²) in [6.07, 6.45) is 2.00. The van der Waals surface area contributed by atoms with Gasteiger partial charge in [0.1, 0.15) is 23.1 Å². The lowest BCUT2D eigenvalue weighted by Gasteiger charge is -2.14. The quantitative estimate of drug-likeness (QED) is 0.547. The molecule has 0 bridgehead atoms. The van der Waals surface area contributed by atoms with Crippen LogP contribution in [0.5, 0.6) is 11.5 Å². The fraction of sp³-hybridized carbons (Fsp3) is 0.190. The van der Waals surface area contributed by atoms with Crippen molar-refractivity contribution in [1.82, 2.24) is 4.98 Å². The molecule has 0 spiro atoms. The number of methoxy groups -OCH3 is 2. The van der Waals surface area contributed by atoms with E-state index in [4.69, 9.17) is 9.47 Å². The summed E-state index contributed by atoms with van der Waals surface area (Å²) in [7, 11) is 3.19. The SMILES string of the molecule is COc1cccc(/C(O)=C/C(=O)N2CCc3c2[nH]c2ccc(OC)cc32)c1. The number of hydrogen-bond acceptors (Lipinski definition) is 4. The van der Waals surface area contributed by atoms with Crippen molar-refractivity contribution in [3.05, 3.63) is 59.7 Å². The lowest BCUT2D eigenvalue weighted by molar-refractivity contribution is -0.114. The number of rotatable bonds is 4. The number of aliphatic hydroxyl groups is 1. The van der Waals surface area contributed by atoms with Crippen molar-refractivity contribution in [3.63, 3.8) is 0 Å². The van der Waals surface area contributed by atoms with Crippen LogP contribution in [0.3, 0.4) is 0 Å². The first kappa shape index (κ1) is 17.0. The number of nitrogens with one attached hydrogen (secondary N) is 1. The average molecular weight is 364 g/mol. The zero-order valence-corrected chi connectivity index (χ0v) is 15.2. The molecule has 6 nitrogen and oxygen atoms in total. The molecule has 0 radical (unpaired) electrons. The van der Waals surface area contributed by atoms with Crippen molar-refractivity contribution < 1.29 is 19.4 Å². The lowest BCUT2D eigenvalue weighted by atomic mass is 10.1. The molecule has 0 fully saturated rings. The summed E-state index contributed by atoms with van der Waals surface area (Å²) in [5.74, 6) is 1.81. The average Bonchev–Trinajstić information content (AvgIpc) is 3.26. The molecule has 0 unspecified atom stereocenters. The number of fused-ring (bicyclic) bond motifs is 3. The number of aliphatic hydroxyl groups excluding tert-OH is 1. The van der Waals surface area contributed by atoms with Crippen LogP contribution in [-0.4, -0.2) is 36.8 Å². The van der Waals surface area contributed by atoms with Gasteiger partial charge < -0.3 is 19.6 Å². The van der Waals surface area contributed by atoms with E-state index in [0.717, 1.165) is 34.5 Å². The van der Waals surface area contributed by atoms with Crippen molar-refractivity contribution in [2.45, 2.75) is 6.42 Å². The summed E-state index contributed by atoms with van der Waals surface area (Å²) in [5, 5.41) is 11.4. The van der Waals surface area contributed by atoms with Gasteiger partial charge in [0, 0.05) is 34.7 Å². The minimum absolute atomic E-state index is 0.0925. The van der Waals surface area contributed by atoms with E-state index >= 15 is 0 Å². The third kappa shape index (κ3) is 2.99. The molecule has 6 heteroatoms. The van der Waals surface area contributed by atoms with Gasteiger partial charge in [0.15, 0.2) is 0 Å². The molecule has 0 aliphatic carbocycles. The molecule has 138 valence electrons. The number of ether oxygens (including phenoxy) is 2. The van der Waals surface area contributed by atoms with Crippen molar-refractivity contribution in [2.24, 2.45) is 0 Å². The minimum atomic E-state index is -0.271. The van der Waals surface area contributed by atoms with Gasteiger partial charge in [0.2, 0.25) is 0 Å². The summed E-state index contributed by atoms with van der Waals surface area (Å²) < 4.78 is 10.5. The molecule has 1 aliphatic heterocycles. The number of anilines is 1. The molecular formula is C21H20N2O4. The fourth-order valence-corrected chi connectivity index (χ4v) is 3.44. The van der Waals surface area contributed by atoms with Crippen LogP contribution in [0.2, 0.25) is 0 Å². The van der Waals surface area contributed by atoms with Gasteiger partial charge in [-0.3, -0.25) is 9.69 Å². The van der Waals surface area contributed by atoms with Gasteiger partial charge in [-0.15, -0.1) is 0 Å². The largest absolute Gasteiger partial charge is 0.507 e. The number of carbonyl (C=O) groups excluding carboxylic acids is 1. The molecule has 2 N–H and O–H groups in total. The predicted octanol–water partition coefficient (Wildman–Crippen LogP) is 3.67. The van der Waals surface area contributed by atoms with Crippen LogP contribution in [0.1, 0.15) is 11.1 Å². The van der Waals surface area contributed by atoms with Crippen LogP contribution in [0.4, 0.5) is 5.82 Å². The van der Waals surface area contributed by atoms with Gasteiger partial charge in [0.25, 0.3) is 5.91 Å². The third-order valence-electron chi connectivity index (χ3n) is 4.84. The van der Waals surface area contributed by atoms with Crippen LogP contribution in [0, 0.1) is 0 Å². The Morgan fingerprint density at radius 1 is 1.15 bits per heavy atom. The Morgan fingerprint density at radius 2 is 1.93 bits per heavy atom. The van der Waals surface area contributed by atoms with Crippen LogP contribution in [-0.2, 0) is 11.2 Å². The lowest BCUT2D eigenvalue weighted by Crippen LogP contribution is -2.27. The number of H-pyrrole nitrogens is 1. The van der Waals surface area contributed by atoms with Gasteiger partial charge in [-0.25, -0.2) is 0 Å². The van der Waals surface area contributed by atoms with Gasteiger partial charge in [-0.1, -0.05) is 12.1 Å². The zero-order valence-electron chi connectivity index (χ0n) is 15.2. The Balaban J connectivity index is 1.64. The minimum Gasteiger partial charge on any atom is -0.507 e. The summed E-state index contributed by atoms with van der Waals surface area (Å²) >= 11 is 0. The standard InChI is InChI=1S/C21H20N2O4/c1-26-14-5-3-4-13(10-14)19(24)12-20(25)23-9-8-16-17-11-15(27-2)6-7-18(17)22-21(16)23/h3-7,10-12,22,24H,8-9H2,1-2H3/b19-12-. The molecule has 0 saturated heterocycles. The summed E-state index contributed by atoms with van der Waals surface area (Å²) in [5.41, 5.74) is 2.58. The second kappa shape index (κ2) is 6.72. The molecule has 2 aromatic carbocycles. The Labute approximate surface area is 156 Å². The number of aromatic nitrogens is 1. The first-order valence-corrected chi connectivity index (χ1v) is 8.66. The topological polar surface area (TPSA) is 74.8 Å². The van der Waals surface area contributed by atoms with Crippen molar-refractivity contribution in [1.29, 1.82) is 0 Å². The van der Waals surface area contributed by atoms with Crippen LogP contribution in [0.25, 0.3) is 16.7 Å². The Kier molecular flexibility index (Phi) is 4.24. The highest BCUT2D eigenvalue weighted by atomic mass is 16.5. The molecule has 0 atom stereocenters. The van der Waals surface area contributed by atoms with E-state index < -0.39 is 0 Å². The normalized spacial score (nSPS) is 13.7. The second-order valence-electron chi connectivity index (χ2n) is 6.37. The van der Waals surface area contributed by atoms with Crippen LogP contribution < -0.4 is 14.4 Å². The van der Waals surface area contributed by atoms with E-state index in [2.05, 4.69) is 4.98 Å². The Bertz CT molecular complexity index is 1050. The zero-order chi connectivity index (χ0) is 19.0. The summed E-state index contributed by atoms with van der Waals surface area (Å²) in [6, 6.07) is 12.8. The van der Waals surface area contributed by atoms with E-state index in [1.54, 1.807) is 43.4 Å². The number of aromatic amines is 1. The number of hydrogen-bond donors (Lipinski definition) is 2. The van der Waals surface area contributed by atoms with Crippen LogP contribution >= 0.6 is 0 Å². The highest BCUT2D eigenvalue weighted by molar-refractivity contribution is 6.08. The maximum absolute atomic E-state index is 12.8. The molecular weight excluding hydrogens is 344 g/mol. The molecule has 1 aliphatic rings. The summed E-state index contributed by atoms with van der Waals surface area (Å²) in [4.78, 5) is 17.7. The predicted molar refractivity (Wildman–Crippen MR) is 105 cm³/mol. The van der Waals surface area contributed by atoms with Crippen molar-refractivity contribution in [3.8, 4) is 11.5 Å². The van der Waals surface area contributed by atoms with Gasteiger partial charge in [-0.2, -0.15) is 0 Å². The Morgan fingerprint density at radius 3 is 2.70 bits per heavy atom. The molecule has 1 amide bonds. The van der Waals surface area contributed by atoms with Crippen molar-refractivity contribution >= 4 is 28.4 Å². The molecule has 1 aromatic heterocycles. The van der Waals surface area contributed by atoms with E-state index in [1.807, 2.05) is 18.2 Å². The third-order valence-corrected chi connectivity index (χ3v) is 4.84. The first-order valence-electron chi connectivity index (χ1n) is 8.66. The monoisotopic (exact) mass is 364 g/mol. The van der Waals surface area contributed by atoms with E-state index in [-0.39, 0.29) is 11.7 Å². The maximum Gasteiger partial charge on any atom is 0.255 e.